The van der Waals surface area contributed by atoms with E-state index in [2.05, 4.69) is 37.9 Å². The number of nitrogens with zero attached hydrogens (tertiary/aromatic N) is 1. The summed E-state index contributed by atoms with van der Waals surface area (Å²) >= 11 is 0. The first-order chi connectivity index (χ1) is 8.10. The van der Waals surface area contributed by atoms with E-state index >= 15 is 0 Å². The molecule has 0 spiro atoms. The van der Waals surface area contributed by atoms with Crippen LogP contribution in [0.4, 0.5) is 0 Å². The largest absolute Gasteiger partial charge is 0.354 e. The summed E-state index contributed by atoms with van der Waals surface area (Å²) < 4.78 is 10.1. The van der Waals surface area contributed by atoms with Gasteiger partial charge in [-0.25, -0.2) is 0 Å². The molecule has 0 radical (unpaired) electrons. The van der Waals surface area contributed by atoms with Crippen molar-refractivity contribution in [2.45, 2.75) is 27.1 Å². The van der Waals surface area contributed by atoms with Crippen molar-refractivity contribution in [3.8, 4) is 0 Å². The monoisotopic (exact) mass is 235 g/mol. The molecule has 0 saturated heterocycles. The van der Waals surface area contributed by atoms with Gasteiger partial charge in [0.1, 0.15) is 0 Å². The fraction of sp³-hybridized carbons (Fsp3) is 0.500. The Morgan fingerprint density at radius 2 is 1.76 bits per heavy atom. The molecule has 0 atom stereocenters. The molecule has 94 valence electrons. The number of aryl methyl sites for hydroxylation is 1. The van der Waals surface area contributed by atoms with E-state index in [-0.39, 0.29) is 6.29 Å². The highest BCUT2D eigenvalue weighted by Gasteiger charge is 2.03. The van der Waals surface area contributed by atoms with Crippen LogP contribution in [0.15, 0.2) is 17.1 Å². The van der Waals surface area contributed by atoms with Gasteiger partial charge < -0.3 is 9.47 Å². The molecule has 0 fully saturated rings. The van der Waals surface area contributed by atoms with Crippen molar-refractivity contribution >= 4 is 6.21 Å². The van der Waals surface area contributed by atoms with Gasteiger partial charge in [0.2, 0.25) is 0 Å². The second kappa shape index (κ2) is 6.52. The van der Waals surface area contributed by atoms with Gasteiger partial charge in [0.25, 0.3) is 0 Å². The number of hydrogen-bond acceptors (Lipinski definition) is 3. The molecule has 0 bridgehead atoms. The van der Waals surface area contributed by atoms with Crippen molar-refractivity contribution in [2.24, 2.45) is 4.99 Å². The van der Waals surface area contributed by atoms with Crippen LogP contribution < -0.4 is 0 Å². The Hall–Kier alpha value is -1.19. The fourth-order valence-corrected chi connectivity index (χ4v) is 1.60. The van der Waals surface area contributed by atoms with Crippen LogP contribution in [0.5, 0.6) is 0 Å². The normalized spacial score (nSPS) is 11.6. The van der Waals surface area contributed by atoms with Crippen molar-refractivity contribution in [3.63, 3.8) is 0 Å². The summed E-state index contributed by atoms with van der Waals surface area (Å²) in [6.07, 6.45) is 1.62. The predicted molar refractivity (Wildman–Crippen MR) is 70.9 cm³/mol. The van der Waals surface area contributed by atoms with Crippen LogP contribution in [0.1, 0.15) is 22.3 Å². The Balaban J connectivity index is 2.75. The van der Waals surface area contributed by atoms with Crippen molar-refractivity contribution in [1.82, 2.24) is 0 Å². The molecule has 0 aliphatic rings. The van der Waals surface area contributed by atoms with Gasteiger partial charge in [0.15, 0.2) is 6.29 Å². The van der Waals surface area contributed by atoms with Gasteiger partial charge in [0.05, 0.1) is 6.54 Å². The smallest absolute Gasteiger partial charge is 0.176 e. The molecule has 0 amide bonds. The molecule has 17 heavy (non-hydrogen) atoms. The number of hydrogen-bond donors (Lipinski definition) is 0. The average molecular weight is 235 g/mol. The zero-order valence-corrected chi connectivity index (χ0v) is 11.3. The summed E-state index contributed by atoms with van der Waals surface area (Å²) in [5.74, 6) is 0. The third-order valence-electron chi connectivity index (χ3n) is 3.11. The molecule has 0 unspecified atom stereocenters. The molecule has 0 aliphatic heterocycles. The Kier molecular flexibility index (Phi) is 5.32. The highest BCUT2D eigenvalue weighted by Crippen LogP contribution is 2.15. The molecule has 3 heteroatoms. The van der Waals surface area contributed by atoms with Gasteiger partial charge in [-0.05, 0) is 43.0 Å². The van der Waals surface area contributed by atoms with E-state index in [1.807, 2.05) is 6.21 Å². The van der Waals surface area contributed by atoms with Crippen LogP contribution in [-0.4, -0.2) is 33.3 Å². The van der Waals surface area contributed by atoms with E-state index in [9.17, 15) is 0 Å². The fourth-order valence-electron chi connectivity index (χ4n) is 1.60. The zero-order chi connectivity index (χ0) is 12.8. The quantitative estimate of drug-likeness (QED) is 0.580. The SMILES string of the molecule is COC(CN=Cc1ccc(C)c(C)c1C)OC. The first-order valence-corrected chi connectivity index (χ1v) is 5.72. The topological polar surface area (TPSA) is 30.8 Å². The molecule has 0 aliphatic carbocycles. The predicted octanol–water partition coefficient (Wildman–Crippen LogP) is 2.65. The lowest BCUT2D eigenvalue weighted by Gasteiger charge is -2.10. The van der Waals surface area contributed by atoms with Crippen LogP contribution in [0.3, 0.4) is 0 Å². The van der Waals surface area contributed by atoms with Gasteiger partial charge in [-0.15, -0.1) is 0 Å². The molecule has 0 N–H and O–H groups in total. The highest BCUT2D eigenvalue weighted by molar-refractivity contribution is 5.82. The summed E-state index contributed by atoms with van der Waals surface area (Å²) in [5, 5.41) is 0. The molecule has 0 saturated carbocycles. The summed E-state index contributed by atoms with van der Waals surface area (Å²) in [6, 6.07) is 4.21. The van der Waals surface area contributed by atoms with Crippen LogP contribution in [0, 0.1) is 20.8 Å². The summed E-state index contributed by atoms with van der Waals surface area (Å²) in [5.41, 5.74) is 5.06. The van der Waals surface area contributed by atoms with Crippen molar-refractivity contribution in [1.29, 1.82) is 0 Å². The molecule has 0 aromatic heterocycles. The van der Waals surface area contributed by atoms with Crippen LogP contribution >= 0.6 is 0 Å². The molecule has 3 nitrogen and oxygen atoms in total. The van der Waals surface area contributed by atoms with Crippen LogP contribution in [0.2, 0.25) is 0 Å². The minimum Gasteiger partial charge on any atom is -0.354 e. The second-order valence-electron chi connectivity index (χ2n) is 4.12. The summed E-state index contributed by atoms with van der Waals surface area (Å²) in [7, 11) is 3.23. The summed E-state index contributed by atoms with van der Waals surface area (Å²) in [4.78, 5) is 4.34. The number of ether oxygens (including phenoxy) is 2. The molecule has 0 heterocycles. The number of rotatable bonds is 5. The lowest BCUT2D eigenvalue weighted by Crippen LogP contribution is -2.16. The van der Waals surface area contributed by atoms with Gasteiger partial charge >= 0.3 is 0 Å². The zero-order valence-electron chi connectivity index (χ0n) is 11.3. The Labute approximate surface area is 103 Å². The standard InChI is InChI=1S/C14H21NO2/c1-10-6-7-13(12(3)11(10)2)8-15-9-14(16-4)17-5/h6-8,14H,9H2,1-5H3. The molecular formula is C14H21NO2. The molecule has 1 aromatic carbocycles. The Morgan fingerprint density at radius 3 is 2.35 bits per heavy atom. The minimum atomic E-state index is -0.266. The first-order valence-electron chi connectivity index (χ1n) is 5.72. The van der Waals surface area contributed by atoms with E-state index in [0.29, 0.717) is 6.54 Å². The third-order valence-corrected chi connectivity index (χ3v) is 3.11. The molecule has 1 rings (SSSR count). The van der Waals surface area contributed by atoms with E-state index < -0.39 is 0 Å². The van der Waals surface area contributed by atoms with Crippen molar-refractivity contribution in [2.75, 3.05) is 20.8 Å². The maximum Gasteiger partial charge on any atom is 0.176 e. The first kappa shape index (κ1) is 13.9. The average Bonchev–Trinajstić information content (AvgIpc) is 2.34. The van der Waals surface area contributed by atoms with Crippen molar-refractivity contribution in [3.05, 3.63) is 34.4 Å². The second-order valence-corrected chi connectivity index (χ2v) is 4.12. The van der Waals surface area contributed by atoms with E-state index in [0.717, 1.165) is 5.56 Å². The van der Waals surface area contributed by atoms with Crippen LogP contribution in [-0.2, 0) is 9.47 Å². The molecular weight excluding hydrogens is 214 g/mol. The highest BCUT2D eigenvalue weighted by atomic mass is 16.7. The van der Waals surface area contributed by atoms with Gasteiger partial charge in [-0.2, -0.15) is 0 Å². The third kappa shape index (κ3) is 3.65. The maximum atomic E-state index is 5.07. The maximum absolute atomic E-state index is 5.07. The van der Waals surface area contributed by atoms with Gasteiger partial charge in [-0.3, -0.25) is 4.99 Å². The number of aliphatic imine (C=N–C) groups is 1. The van der Waals surface area contributed by atoms with E-state index in [4.69, 9.17) is 9.47 Å². The lowest BCUT2D eigenvalue weighted by molar-refractivity contribution is -0.0936. The van der Waals surface area contributed by atoms with Crippen LogP contribution in [0.25, 0.3) is 0 Å². The van der Waals surface area contributed by atoms with Gasteiger partial charge in [-0.1, -0.05) is 12.1 Å². The summed E-state index contributed by atoms with van der Waals surface area (Å²) in [6.45, 7) is 6.89. The van der Waals surface area contributed by atoms with Crippen molar-refractivity contribution < 1.29 is 9.47 Å². The molecule has 1 aromatic rings. The van der Waals surface area contributed by atoms with Gasteiger partial charge in [0, 0.05) is 20.4 Å². The van der Waals surface area contributed by atoms with E-state index in [1.54, 1.807) is 14.2 Å². The lowest BCUT2D eigenvalue weighted by atomic mass is 10.00. The minimum absolute atomic E-state index is 0.266. The number of methoxy groups -OCH3 is 2. The number of benzene rings is 1. The van der Waals surface area contributed by atoms with E-state index in [1.165, 1.54) is 16.7 Å². The Morgan fingerprint density at radius 1 is 1.12 bits per heavy atom. The Bertz CT molecular complexity index is 395.